The van der Waals surface area contributed by atoms with Gasteiger partial charge in [-0.1, -0.05) is 19.3 Å². The summed E-state index contributed by atoms with van der Waals surface area (Å²) in [5.74, 6) is 1.40. The monoisotopic (exact) mass is 406 g/mol. The van der Waals surface area contributed by atoms with Gasteiger partial charge in [0.15, 0.2) is 0 Å². The molecule has 2 bridgehead atoms. The van der Waals surface area contributed by atoms with Crippen molar-refractivity contribution >= 4 is 15.9 Å². The van der Waals surface area contributed by atoms with E-state index >= 15 is 0 Å². The van der Waals surface area contributed by atoms with Gasteiger partial charge in [-0.05, 0) is 62.1 Å². The Labute approximate surface area is 167 Å². The first-order valence-corrected chi connectivity index (χ1v) is 12.0. The quantitative estimate of drug-likeness (QED) is 0.815. The number of rotatable bonds is 5. The van der Waals surface area contributed by atoms with E-state index < -0.39 is 10.0 Å². The molecule has 1 saturated heterocycles. The average Bonchev–Trinajstić information content (AvgIpc) is 3.19. The van der Waals surface area contributed by atoms with E-state index in [0.717, 1.165) is 44.9 Å². The Kier molecular flexibility index (Phi) is 5.65. The molecule has 1 N–H and O–H groups in total. The zero-order chi connectivity index (χ0) is 19.7. The van der Waals surface area contributed by atoms with E-state index in [4.69, 9.17) is 4.74 Å². The molecule has 2 saturated carbocycles. The first-order valence-electron chi connectivity index (χ1n) is 10.5. The molecule has 3 aliphatic rings. The van der Waals surface area contributed by atoms with Crippen molar-refractivity contribution in [2.45, 2.75) is 62.3 Å². The lowest BCUT2D eigenvalue weighted by Crippen LogP contribution is -2.38. The molecule has 0 aromatic heterocycles. The molecular weight excluding hydrogens is 376 g/mol. The second-order valence-electron chi connectivity index (χ2n) is 8.47. The number of carbonyl (C=O) groups is 1. The fourth-order valence-corrected chi connectivity index (χ4v) is 6.47. The van der Waals surface area contributed by atoms with E-state index in [1.807, 2.05) is 4.90 Å². The number of likely N-dealkylation sites (tertiary alicyclic amines) is 1. The van der Waals surface area contributed by atoms with Crippen molar-refractivity contribution in [1.29, 1.82) is 0 Å². The normalized spacial score (nSPS) is 27.6. The average molecular weight is 407 g/mol. The van der Waals surface area contributed by atoms with Crippen LogP contribution in [0.3, 0.4) is 0 Å². The van der Waals surface area contributed by atoms with Gasteiger partial charge in [0, 0.05) is 19.1 Å². The van der Waals surface area contributed by atoms with Crippen LogP contribution in [0.4, 0.5) is 0 Å². The molecule has 2 aliphatic carbocycles. The van der Waals surface area contributed by atoms with E-state index in [-0.39, 0.29) is 16.8 Å². The van der Waals surface area contributed by atoms with Gasteiger partial charge in [-0.3, -0.25) is 4.79 Å². The lowest BCUT2D eigenvalue weighted by molar-refractivity contribution is 0.0758. The third kappa shape index (κ3) is 3.92. The number of benzene rings is 1. The van der Waals surface area contributed by atoms with Gasteiger partial charge in [0.25, 0.3) is 5.91 Å². The van der Waals surface area contributed by atoms with E-state index in [9.17, 15) is 13.2 Å². The minimum absolute atomic E-state index is 0.0237. The molecule has 3 fully saturated rings. The van der Waals surface area contributed by atoms with Crippen molar-refractivity contribution < 1.29 is 17.9 Å². The highest BCUT2D eigenvalue weighted by Crippen LogP contribution is 2.44. The summed E-state index contributed by atoms with van der Waals surface area (Å²) in [5, 5.41) is 0. The van der Waals surface area contributed by atoms with Crippen LogP contribution in [0.1, 0.15) is 61.7 Å². The van der Waals surface area contributed by atoms with Crippen LogP contribution in [0, 0.1) is 11.8 Å². The molecule has 7 heteroatoms. The van der Waals surface area contributed by atoms with Gasteiger partial charge in [-0.2, -0.15) is 0 Å². The number of ether oxygens (including phenoxy) is 1. The maximum atomic E-state index is 13.1. The Morgan fingerprint density at radius 2 is 1.86 bits per heavy atom. The van der Waals surface area contributed by atoms with Gasteiger partial charge in [0.2, 0.25) is 10.0 Å². The smallest absolute Gasteiger partial charge is 0.257 e. The summed E-state index contributed by atoms with van der Waals surface area (Å²) in [6, 6.07) is 4.64. The molecule has 1 aromatic carbocycles. The third-order valence-electron chi connectivity index (χ3n) is 6.65. The zero-order valence-electron chi connectivity index (χ0n) is 16.5. The maximum Gasteiger partial charge on any atom is 0.257 e. The molecule has 1 aliphatic heterocycles. The molecule has 1 amide bonds. The van der Waals surface area contributed by atoms with Gasteiger partial charge in [-0.15, -0.1) is 0 Å². The lowest BCUT2D eigenvalue weighted by atomic mass is 9.96. The van der Waals surface area contributed by atoms with E-state index in [1.165, 1.54) is 25.7 Å². The fraction of sp³-hybridized carbons (Fsp3) is 0.667. The van der Waals surface area contributed by atoms with Gasteiger partial charge < -0.3 is 9.64 Å². The van der Waals surface area contributed by atoms with Gasteiger partial charge in [0.05, 0.1) is 17.6 Å². The number of amides is 1. The molecule has 1 aromatic rings. The van der Waals surface area contributed by atoms with Crippen LogP contribution < -0.4 is 9.46 Å². The summed E-state index contributed by atoms with van der Waals surface area (Å²) in [5.41, 5.74) is 0.334. The standard InChI is InChI=1S/C21H30N2O4S/c1-27-20-9-8-17(14-18(20)21(24)23-10-4-2-3-5-11-23)28(25,26)22-19-13-15-6-7-16(19)12-15/h8-9,14-16,19,22H,2-7,10-13H2,1H3/t15-,16+,19-/m0/s1. The number of hydrogen-bond donors (Lipinski definition) is 1. The van der Waals surface area contributed by atoms with Crippen molar-refractivity contribution in [2.24, 2.45) is 11.8 Å². The summed E-state index contributed by atoms with van der Waals surface area (Å²) >= 11 is 0. The highest BCUT2D eigenvalue weighted by Gasteiger charge is 2.41. The van der Waals surface area contributed by atoms with Crippen LogP contribution in [-0.2, 0) is 10.0 Å². The highest BCUT2D eigenvalue weighted by atomic mass is 32.2. The van der Waals surface area contributed by atoms with Crippen molar-refractivity contribution in [3.63, 3.8) is 0 Å². The van der Waals surface area contributed by atoms with Crippen LogP contribution in [0.15, 0.2) is 23.1 Å². The SMILES string of the molecule is COc1ccc(S(=O)(=O)N[C@H]2C[C@H]3CC[C@@H]2C3)cc1C(=O)N1CCCCCC1. The van der Waals surface area contributed by atoms with Crippen LogP contribution >= 0.6 is 0 Å². The number of fused-ring (bicyclic) bond motifs is 2. The number of hydrogen-bond acceptors (Lipinski definition) is 4. The Bertz CT molecular complexity index is 831. The van der Waals surface area contributed by atoms with Crippen molar-refractivity contribution in [1.82, 2.24) is 9.62 Å². The molecule has 28 heavy (non-hydrogen) atoms. The van der Waals surface area contributed by atoms with Gasteiger partial charge >= 0.3 is 0 Å². The van der Waals surface area contributed by atoms with Crippen LogP contribution in [0.5, 0.6) is 5.75 Å². The van der Waals surface area contributed by atoms with Crippen molar-refractivity contribution in [3.05, 3.63) is 23.8 Å². The first-order chi connectivity index (χ1) is 13.5. The zero-order valence-corrected chi connectivity index (χ0v) is 17.3. The Morgan fingerprint density at radius 1 is 1.11 bits per heavy atom. The summed E-state index contributed by atoms with van der Waals surface area (Å²) in [6.07, 6.45) is 8.62. The topological polar surface area (TPSA) is 75.7 Å². The molecule has 0 unspecified atom stereocenters. The van der Waals surface area contributed by atoms with E-state index in [0.29, 0.717) is 36.2 Å². The molecule has 4 rings (SSSR count). The molecule has 6 nitrogen and oxygen atoms in total. The maximum absolute atomic E-state index is 13.1. The second-order valence-corrected chi connectivity index (χ2v) is 10.2. The highest BCUT2D eigenvalue weighted by molar-refractivity contribution is 7.89. The molecule has 3 atom stereocenters. The van der Waals surface area contributed by atoms with Crippen LogP contribution in [0.25, 0.3) is 0 Å². The molecule has 0 radical (unpaired) electrons. The first kappa shape index (κ1) is 19.7. The summed E-state index contributed by atoms with van der Waals surface area (Å²) < 4.78 is 34.3. The Balaban J connectivity index is 1.57. The molecule has 154 valence electrons. The molecular formula is C21H30N2O4S. The predicted octanol–water partition coefficient (Wildman–Crippen LogP) is 3.18. The second kappa shape index (κ2) is 8.03. The fourth-order valence-electron chi connectivity index (χ4n) is 5.12. The Hall–Kier alpha value is -1.60. The Morgan fingerprint density at radius 3 is 2.46 bits per heavy atom. The number of nitrogens with one attached hydrogen (secondary N) is 1. The number of nitrogens with zero attached hydrogens (tertiary/aromatic N) is 1. The van der Waals surface area contributed by atoms with Gasteiger partial charge in [-0.25, -0.2) is 13.1 Å². The molecule has 0 spiro atoms. The van der Waals surface area contributed by atoms with Crippen LogP contribution in [-0.4, -0.2) is 45.5 Å². The third-order valence-corrected chi connectivity index (χ3v) is 8.14. The number of sulfonamides is 1. The lowest BCUT2D eigenvalue weighted by Gasteiger charge is -2.24. The summed E-state index contributed by atoms with van der Waals surface area (Å²) in [4.78, 5) is 15.1. The van der Waals surface area contributed by atoms with Crippen molar-refractivity contribution in [2.75, 3.05) is 20.2 Å². The number of carbonyl (C=O) groups excluding carboxylic acids is 1. The molecule has 1 heterocycles. The van der Waals surface area contributed by atoms with Crippen LogP contribution in [0.2, 0.25) is 0 Å². The summed E-state index contributed by atoms with van der Waals surface area (Å²) in [7, 11) is -2.15. The van der Waals surface area contributed by atoms with E-state index in [1.54, 1.807) is 6.07 Å². The minimum Gasteiger partial charge on any atom is -0.496 e. The predicted molar refractivity (Wildman–Crippen MR) is 107 cm³/mol. The largest absolute Gasteiger partial charge is 0.496 e. The number of methoxy groups -OCH3 is 1. The minimum atomic E-state index is -3.66. The van der Waals surface area contributed by atoms with Gasteiger partial charge in [0.1, 0.15) is 5.75 Å². The van der Waals surface area contributed by atoms with E-state index in [2.05, 4.69) is 4.72 Å². The van der Waals surface area contributed by atoms with Crippen molar-refractivity contribution in [3.8, 4) is 5.75 Å². The summed E-state index contributed by atoms with van der Waals surface area (Å²) in [6.45, 7) is 1.42.